The highest BCUT2D eigenvalue weighted by molar-refractivity contribution is 7.08. The van der Waals surface area contributed by atoms with E-state index in [0.717, 1.165) is 16.9 Å². The van der Waals surface area contributed by atoms with Gasteiger partial charge in [0.25, 0.3) is 5.91 Å². The van der Waals surface area contributed by atoms with Crippen LogP contribution in [0.1, 0.15) is 34.8 Å². The number of nitrogens with zero attached hydrogens (tertiary/aromatic N) is 2. The fourth-order valence-electron chi connectivity index (χ4n) is 3.70. The van der Waals surface area contributed by atoms with Crippen molar-refractivity contribution in [3.8, 4) is 5.75 Å². The molecule has 2 aromatic rings. The van der Waals surface area contributed by atoms with Crippen LogP contribution in [0.15, 0.2) is 41.1 Å². The van der Waals surface area contributed by atoms with Gasteiger partial charge in [-0.05, 0) is 56.1 Å². The number of piperidine rings is 1. The molecule has 0 unspecified atom stereocenters. The zero-order valence-electron chi connectivity index (χ0n) is 17.3. The monoisotopic (exact) mass is 415 g/mol. The summed E-state index contributed by atoms with van der Waals surface area (Å²) in [7, 11) is 5.66. The number of nitrogens with one attached hydrogen (secondary N) is 1. The third kappa shape index (κ3) is 5.36. The standard InChI is InChI=1S/C22H29N3O3S/c1-24(2)20(17-5-4-6-19(13-17)28-3)14-23-21(26)16-7-10-25(11-8-16)22(27)18-9-12-29-15-18/h4-6,9,12-13,15-16,20H,7-8,10-11,14H2,1-3H3,(H,23,26)/t20-/m0/s1. The van der Waals surface area contributed by atoms with E-state index >= 15 is 0 Å². The molecule has 156 valence electrons. The highest BCUT2D eigenvalue weighted by atomic mass is 32.1. The predicted octanol–water partition coefficient (Wildman–Crippen LogP) is 3.03. The Morgan fingerprint density at radius 3 is 2.66 bits per heavy atom. The molecule has 0 radical (unpaired) electrons. The lowest BCUT2D eigenvalue weighted by atomic mass is 9.95. The Kier molecular flexibility index (Phi) is 7.28. The molecule has 29 heavy (non-hydrogen) atoms. The fourth-order valence-corrected chi connectivity index (χ4v) is 4.33. The molecule has 1 aliphatic rings. The molecule has 1 fully saturated rings. The topological polar surface area (TPSA) is 61.9 Å². The molecule has 1 atom stereocenters. The van der Waals surface area contributed by atoms with E-state index in [0.29, 0.717) is 32.5 Å². The van der Waals surface area contributed by atoms with Crippen LogP contribution in [-0.2, 0) is 4.79 Å². The zero-order valence-corrected chi connectivity index (χ0v) is 18.1. The third-order valence-corrected chi connectivity index (χ3v) is 6.18. The Balaban J connectivity index is 1.52. The van der Waals surface area contributed by atoms with Gasteiger partial charge in [-0.15, -0.1) is 0 Å². The first-order chi connectivity index (χ1) is 14.0. The number of amides is 2. The minimum atomic E-state index is -0.0466. The molecule has 1 N–H and O–H groups in total. The Hall–Kier alpha value is -2.38. The molecule has 0 spiro atoms. The Labute approximate surface area is 176 Å². The first-order valence-corrected chi connectivity index (χ1v) is 10.8. The average Bonchev–Trinajstić information content (AvgIpc) is 3.28. The van der Waals surface area contributed by atoms with Crippen molar-refractivity contribution in [2.75, 3.05) is 40.8 Å². The molecular formula is C22H29N3O3S. The van der Waals surface area contributed by atoms with Crippen molar-refractivity contribution >= 4 is 23.2 Å². The van der Waals surface area contributed by atoms with E-state index in [1.807, 2.05) is 60.1 Å². The lowest BCUT2D eigenvalue weighted by molar-refractivity contribution is -0.126. The van der Waals surface area contributed by atoms with Crippen LogP contribution in [0.4, 0.5) is 0 Å². The number of carbonyl (C=O) groups is 2. The number of carbonyl (C=O) groups excluding carboxylic acids is 2. The van der Waals surface area contributed by atoms with Gasteiger partial charge in [0, 0.05) is 30.9 Å². The number of ether oxygens (including phenoxy) is 1. The van der Waals surface area contributed by atoms with E-state index in [1.54, 1.807) is 7.11 Å². The Morgan fingerprint density at radius 1 is 1.28 bits per heavy atom. The third-order valence-electron chi connectivity index (χ3n) is 5.49. The summed E-state index contributed by atoms with van der Waals surface area (Å²) in [6.07, 6.45) is 1.40. The van der Waals surface area contributed by atoms with Crippen LogP contribution in [0.2, 0.25) is 0 Å². The van der Waals surface area contributed by atoms with Crippen molar-refractivity contribution in [2.45, 2.75) is 18.9 Å². The number of rotatable bonds is 7. The van der Waals surface area contributed by atoms with Crippen molar-refractivity contribution in [2.24, 2.45) is 5.92 Å². The van der Waals surface area contributed by atoms with Crippen molar-refractivity contribution < 1.29 is 14.3 Å². The molecule has 3 rings (SSSR count). The summed E-state index contributed by atoms with van der Waals surface area (Å²) < 4.78 is 5.32. The normalized spacial score (nSPS) is 15.9. The molecule has 1 aliphatic heterocycles. The summed E-state index contributed by atoms with van der Waals surface area (Å²) >= 11 is 1.53. The minimum absolute atomic E-state index is 0.0466. The SMILES string of the molecule is COc1cccc([C@H](CNC(=O)C2CCN(C(=O)c3ccsc3)CC2)N(C)C)c1. The van der Waals surface area contributed by atoms with Crippen LogP contribution < -0.4 is 10.1 Å². The summed E-state index contributed by atoms with van der Waals surface area (Å²) in [5, 5.41) is 6.91. The molecule has 1 aromatic heterocycles. The molecule has 0 saturated carbocycles. The van der Waals surface area contributed by atoms with Crippen molar-refractivity contribution in [1.29, 1.82) is 0 Å². The lowest BCUT2D eigenvalue weighted by Crippen LogP contribution is -2.44. The van der Waals surface area contributed by atoms with Gasteiger partial charge in [0.05, 0.1) is 18.7 Å². The molecule has 6 nitrogen and oxygen atoms in total. The van der Waals surface area contributed by atoms with Crippen LogP contribution in [0.5, 0.6) is 5.75 Å². The van der Waals surface area contributed by atoms with Crippen LogP contribution in [0, 0.1) is 5.92 Å². The maximum absolute atomic E-state index is 12.7. The van der Waals surface area contributed by atoms with Gasteiger partial charge >= 0.3 is 0 Å². The maximum atomic E-state index is 12.7. The average molecular weight is 416 g/mol. The van der Waals surface area contributed by atoms with Gasteiger partial charge in [-0.3, -0.25) is 9.59 Å². The first-order valence-electron chi connectivity index (χ1n) is 9.89. The largest absolute Gasteiger partial charge is 0.497 e. The van der Waals surface area contributed by atoms with Crippen molar-refractivity contribution in [3.05, 3.63) is 52.2 Å². The highest BCUT2D eigenvalue weighted by Crippen LogP contribution is 2.23. The Bertz CT molecular complexity index is 814. The van der Waals surface area contributed by atoms with Crippen LogP contribution in [-0.4, -0.2) is 62.5 Å². The first kappa shape index (κ1) is 21.3. The van der Waals surface area contributed by atoms with Gasteiger partial charge in [-0.1, -0.05) is 12.1 Å². The summed E-state index contributed by atoms with van der Waals surface area (Å²) in [4.78, 5) is 29.1. The zero-order chi connectivity index (χ0) is 20.8. The molecular weight excluding hydrogens is 386 g/mol. The molecule has 1 saturated heterocycles. The molecule has 7 heteroatoms. The summed E-state index contributed by atoms with van der Waals surface area (Å²) in [5.41, 5.74) is 1.84. The van der Waals surface area contributed by atoms with Gasteiger partial charge in [0.1, 0.15) is 5.75 Å². The molecule has 2 heterocycles. The summed E-state index contributed by atoms with van der Waals surface area (Å²) in [6, 6.07) is 9.85. The van der Waals surface area contributed by atoms with E-state index < -0.39 is 0 Å². The second-order valence-corrected chi connectivity index (χ2v) is 8.36. The molecule has 2 amide bonds. The highest BCUT2D eigenvalue weighted by Gasteiger charge is 2.28. The van der Waals surface area contributed by atoms with Crippen LogP contribution >= 0.6 is 11.3 Å². The van der Waals surface area contributed by atoms with Crippen LogP contribution in [0.3, 0.4) is 0 Å². The Morgan fingerprint density at radius 2 is 2.03 bits per heavy atom. The van der Waals surface area contributed by atoms with E-state index in [4.69, 9.17) is 4.74 Å². The lowest BCUT2D eigenvalue weighted by Gasteiger charge is -2.32. The smallest absolute Gasteiger partial charge is 0.254 e. The van der Waals surface area contributed by atoms with E-state index in [1.165, 1.54) is 11.3 Å². The number of benzene rings is 1. The predicted molar refractivity (Wildman–Crippen MR) is 115 cm³/mol. The maximum Gasteiger partial charge on any atom is 0.254 e. The quantitative estimate of drug-likeness (QED) is 0.755. The minimum Gasteiger partial charge on any atom is -0.497 e. The second kappa shape index (κ2) is 9.89. The second-order valence-electron chi connectivity index (χ2n) is 7.58. The van der Waals surface area contributed by atoms with Gasteiger partial charge in [-0.25, -0.2) is 0 Å². The van der Waals surface area contributed by atoms with E-state index in [-0.39, 0.29) is 23.8 Å². The fraction of sp³-hybridized carbons (Fsp3) is 0.455. The number of methoxy groups -OCH3 is 1. The molecule has 0 aliphatic carbocycles. The van der Waals surface area contributed by atoms with E-state index in [2.05, 4.69) is 10.2 Å². The van der Waals surface area contributed by atoms with Gasteiger partial charge < -0.3 is 19.9 Å². The van der Waals surface area contributed by atoms with Crippen molar-refractivity contribution in [3.63, 3.8) is 0 Å². The molecule has 1 aromatic carbocycles. The van der Waals surface area contributed by atoms with E-state index in [9.17, 15) is 9.59 Å². The van der Waals surface area contributed by atoms with Gasteiger partial charge in [-0.2, -0.15) is 11.3 Å². The number of hydrogen-bond acceptors (Lipinski definition) is 5. The van der Waals surface area contributed by atoms with Gasteiger partial charge in [0.2, 0.25) is 5.91 Å². The number of hydrogen-bond donors (Lipinski definition) is 1. The number of likely N-dealkylation sites (N-methyl/N-ethyl adjacent to an activating group) is 1. The van der Waals surface area contributed by atoms with Crippen molar-refractivity contribution in [1.82, 2.24) is 15.1 Å². The summed E-state index contributed by atoms with van der Waals surface area (Å²) in [5.74, 6) is 0.899. The van der Waals surface area contributed by atoms with Gasteiger partial charge in [0.15, 0.2) is 0 Å². The molecule has 0 bridgehead atoms. The number of thiophene rings is 1. The summed E-state index contributed by atoms with van der Waals surface area (Å²) in [6.45, 7) is 1.78. The number of likely N-dealkylation sites (tertiary alicyclic amines) is 1. The van der Waals surface area contributed by atoms with Crippen LogP contribution in [0.25, 0.3) is 0 Å².